The highest BCUT2D eigenvalue weighted by atomic mass is 79.9. The summed E-state index contributed by atoms with van der Waals surface area (Å²) in [6, 6.07) is 0. The molecule has 1 aliphatic heterocycles. The molecule has 6 heteroatoms. The zero-order valence-corrected chi connectivity index (χ0v) is 12.0. The van der Waals surface area contributed by atoms with Gasteiger partial charge in [0.1, 0.15) is 0 Å². The van der Waals surface area contributed by atoms with Crippen LogP contribution in [-0.2, 0) is 16.1 Å². The monoisotopic (exact) mass is 315 g/mol. The molecule has 2 atom stereocenters. The molecule has 0 bridgehead atoms. The van der Waals surface area contributed by atoms with Crippen molar-refractivity contribution >= 4 is 21.8 Å². The minimum atomic E-state index is -0.0989. The maximum atomic E-state index is 11.9. The Balaban J connectivity index is 1.74. The second-order valence-electron chi connectivity index (χ2n) is 4.66. The summed E-state index contributed by atoms with van der Waals surface area (Å²) >= 11 is 3.33. The zero-order chi connectivity index (χ0) is 13.0. The lowest BCUT2D eigenvalue weighted by Gasteiger charge is -2.14. The largest absolute Gasteiger partial charge is 0.376 e. The average Bonchev–Trinajstić information content (AvgIpc) is 2.97. The molecular formula is C12H18BrN3O2. The lowest BCUT2D eigenvalue weighted by Crippen LogP contribution is -2.36. The van der Waals surface area contributed by atoms with Crippen LogP contribution in [0.4, 0.5) is 0 Å². The minimum absolute atomic E-state index is 0.0529. The molecule has 1 amide bonds. The molecule has 0 aromatic carbocycles. The van der Waals surface area contributed by atoms with Gasteiger partial charge in [-0.2, -0.15) is 5.10 Å². The number of nitrogens with zero attached hydrogens (tertiary/aromatic N) is 2. The van der Waals surface area contributed by atoms with Crippen molar-refractivity contribution < 1.29 is 9.53 Å². The highest BCUT2D eigenvalue weighted by Crippen LogP contribution is 2.11. The normalized spacial score (nSPS) is 20.9. The first-order valence-corrected chi connectivity index (χ1v) is 7.01. The van der Waals surface area contributed by atoms with Crippen LogP contribution in [0, 0.1) is 5.92 Å². The number of hydrogen-bond acceptors (Lipinski definition) is 3. The van der Waals surface area contributed by atoms with Gasteiger partial charge in [-0.15, -0.1) is 0 Å². The maximum Gasteiger partial charge on any atom is 0.224 e. The number of rotatable bonds is 5. The van der Waals surface area contributed by atoms with E-state index in [4.69, 9.17) is 4.74 Å². The molecular weight excluding hydrogens is 298 g/mol. The van der Waals surface area contributed by atoms with E-state index in [1.807, 2.05) is 13.1 Å². The van der Waals surface area contributed by atoms with Crippen LogP contribution < -0.4 is 5.32 Å². The van der Waals surface area contributed by atoms with Gasteiger partial charge in [-0.25, -0.2) is 0 Å². The third-order valence-electron chi connectivity index (χ3n) is 3.04. The molecule has 1 aromatic rings. The van der Waals surface area contributed by atoms with Gasteiger partial charge in [-0.1, -0.05) is 6.92 Å². The van der Waals surface area contributed by atoms with E-state index >= 15 is 0 Å². The van der Waals surface area contributed by atoms with Gasteiger partial charge in [0.05, 0.1) is 29.2 Å². The molecule has 1 fully saturated rings. The average molecular weight is 316 g/mol. The van der Waals surface area contributed by atoms with E-state index in [-0.39, 0.29) is 17.9 Å². The Labute approximate surface area is 115 Å². The van der Waals surface area contributed by atoms with Crippen LogP contribution in [0.3, 0.4) is 0 Å². The van der Waals surface area contributed by atoms with Gasteiger partial charge < -0.3 is 10.1 Å². The molecule has 18 heavy (non-hydrogen) atoms. The fourth-order valence-electron chi connectivity index (χ4n) is 2.00. The Morgan fingerprint density at radius 1 is 1.78 bits per heavy atom. The zero-order valence-electron chi connectivity index (χ0n) is 10.4. The van der Waals surface area contributed by atoms with Crippen LogP contribution >= 0.6 is 15.9 Å². The van der Waals surface area contributed by atoms with E-state index < -0.39 is 0 Å². The van der Waals surface area contributed by atoms with E-state index in [1.54, 1.807) is 10.9 Å². The summed E-state index contributed by atoms with van der Waals surface area (Å²) in [4.78, 5) is 11.9. The van der Waals surface area contributed by atoms with E-state index in [0.717, 1.165) is 23.9 Å². The van der Waals surface area contributed by atoms with Gasteiger partial charge in [-0.05, 0) is 28.8 Å². The lowest BCUT2D eigenvalue weighted by molar-refractivity contribution is -0.125. The summed E-state index contributed by atoms with van der Waals surface area (Å²) in [7, 11) is 0. The highest BCUT2D eigenvalue weighted by molar-refractivity contribution is 9.10. The molecule has 1 aliphatic rings. The first-order valence-electron chi connectivity index (χ1n) is 6.22. The van der Waals surface area contributed by atoms with Crippen LogP contribution in [0.2, 0.25) is 0 Å². The van der Waals surface area contributed by atoms with Gasteiger partial charge in [0, 0.05) is 19.3 Å². The Bertz CT molecular complexity index is 402. The number of hydrogen-bond donors (Lipinski definition) is 1. The third-order valence-corrected chi connectivity index (χ3v) is 3.45. The van der Waals surface area contributed by atoms with Crippen molar-refractivity contribution in [1.82, 2.24) is 15.1 Å². The summed E-state index contributed by atoms with van der Waals surface area (Å²) in [6.45, 7) is 3.92. The van der Waals surface area contributed by atoms with Crippen LogP contribution in [0.1, 0.15) is 19.8 Å². The van der Waals surface area contributed by atoms with Crippen molar-refractivity contribution in [3.63, 3.8) is 0 Å². The number of amides is 1. The van der Waals surface area contributed by atoms with Crippen LogP contribution in [0.5, 0.6) is 0 Å². The Kier molecular flexibility index (Phi) is 4.77. The molecule has 0 spiro atoms. The van der Waals surface area contributed by atoms with Crippen LogP contribution in [0.15, 0.2) is 16.9 Å². The molecule has 5 nitrogen and oxygen atoms in total. The second kappa shape index (κ2) is 6.33. The Morgan fingerprint density at radius 2 is 2.61 bits per heavy atom. The summed E-state index contributed by atoms with van der Waals surface area (Å²) in [5.74, 6) is -0.0460. The fraction of sp³-hybridized carbons (Fsp3) is 0.667. The second-order valence-corrected chi connectivity index (χ2v) is 5.58. The quantitative estimate of drug-likeness (QED) is 0.897. The van der Waals surface area contributed by atoms with E-state index in [0.29, 0.717) is 13.1 Å². The number of carbonyl (C=O) groups is 1. The molecule has 1 aromatic heterocycles. The molecule has 2 heterocycles. The lowest BCUT2D eigenvalue weighted by atomic mass is 10.1. The molecule has 0 aliphatic carbocycles. The van der Waals surface area contributed by atoms with Gasteiger partial charge in [0.2, 0.25) is 5.91 Å². The Hall–Kier alpha value is -0.880. The van der Waals surface area contributed by atoms with Gasteiger partial charge in [0.25, 0.3) is 0 Å². The van der Waals surface area contributed by atoms with Gasteiger partial charge in [0.15, 0.2) is 0 Å². The molecule has 1 N–H and O–H groups in total. The molecule has 100 valence electrons. The smallest absolute Gasteiger partial charge is 0.224 e. The first-order chi connectivity index (χ1) is 8.65. The fourth-order valence-corrected chi connectivity index (χ4v) is 2.32. The number of halogens is 1. The van der Waals surface area contributed by atoms with Crippen molar-refractivity contribution in [3.8, 4) is 0 Å². The number of ether oxygens (including phenoxy) is 1. The summed E-state index contributed by atoms with van der Waals surface area (Å²) in [5.41, 5.74) is 0. The predicted molar refractivity (Wildman–Crippen MR) is 71.1 cm³/mol. The van der Waals surface area contributed by atoms with Crippen molar-refractivity contribution in [2.24, 2.45) is 5.92 Å². The topological polar surface area (TPSA) is 56.2 Å². The first kappa shape index (κ1) is 13.5. The van der Waals surface area contributed by atoms with E-state index in [1.165, 1.54) is 0 Å². The standard InChI is InChI=1S/C12H18BrN3O2/c1-9(7-16-8-10(13)5-15-16)12(17)14-6-11-3-2-4-18-11/h5,8-9,11H,2-4,6-7H2,1H3,(H,14,17)/t9-,11-/m1/s1. The molecule has 2 rings (SSSR count). The van der Waals surface area contributed by atoms with Gasteiger partial charge >= 0.3 is 0 Å². The van der Waals surface area contributed by atoms with E-state index in [9.17, 15) is 4.79 Å². The van der Waals surface area contributed by atoms with Crippen LogP contribution in [0.25, 0.3) is 0 Å². The van der Waals surface area contributed by atoms with Gasteiger partial charge in [-0.3, -0.25) is 9.48 Å². The SMILES string of the molecule is C[C@H](Cn1cc(Br)cn1)C(=O)NC[C@H]1CCCO1. The number of aromatic nitrogens is 2. The molecule has 0 radical (unpaired) electrons. The predicted octanol–water partition coefficient (Wildman–Crippen LogP) is 1.58. The molecule has 0 unspecified atom stereocenters. The third kappa shape index (κ3) is 3.81. The Morgan fingerprint density at radius 3 is 3.22 bits per heavy atom. The number of nitrogens with one attached hydrogen (secondary N) is 1. The summed E-state index contributed by atoms with van der Waals surface area (Å²) < 4.78 is 8.16. The van der Waals surface area contributed by atoms with Crippen molar-refractivity contribution in [2.45, 2.75) is 32.4 Å². The van der Waals surface area contributed by atoms with Crippen molar-refractivity contribution in [1.29, 1.82) is 0 Å². The van der Waals surface area contributed by atoms with Crippen molar-refractivity contribution in [3.05, 3.63) is 16.9 Å². The number of carbonyl (C=O) groups excluding carboxylic acids is 1. The molecule has 0 saturated carbocycles. The summed E-state index contributed by atoms with van der Waals surface area (Å²) in [5, 5.41) is 7.08. The molecule has 1 saturated heterocycles. The van der Waals surface area contributed by atoms with Crippen LogP contribution in [-0.4, -0.2) is 34.9 Å². The van der Waals surface area contributed by atoms with E-state index in [2.05, 4.69) is 26.3 Å². The highest BCUT2D eigenvalue weighted by Gasteiger charge is 2.19. The van der Waals surface area contributed by atoms with Crippen molar-refractivity contribution in [2.75, 3.05) is 13.2 Å². The maximum absolute atomic E-state index is 11.9. The summed E-state index contributed by atoms with van der Waals surface area (Å²) in [6.07, 6.45) is 5.92. The minimum Gasteiger partial charge on any atom is -0.376 e.